The van der Waals surface area contributed by atoms with Crippen LogP contribution in [-0.4, -0.2) is 41.6 Å². The number of esters is 1. The average molecular weight is 321 g/mol. The first-order valence-electron chi connectivity index (χ1n) is 5.94. The Bertz CT molecular complexity index is 575. The van der Waals surface area contributed by atoms with Gasteiger partial charge >= 0.3 is 5.97 Å². The lowest BCUT2D eigenvalue weighted by molar-refractivity contribution is 0.0600. The van der Waals surface area contributed by atoms with Gasteiger partial charge in [-0.05, 0) is 38.2 Å². The number of ether oxygens (including phenoxy) is 1. The highest BCUT2D eigenvalue weighted by atomic mass is 35.5. The van der Waals surface area contributed by atoms with Crippen molar-refractivity contribution in [2.45, 2.75) is 11.3 Å². The summed E-state index contributed by atoms with van der Waals surface area (Å²) < 4.78 is 31.2. The normalized spacial score (nSPS) is 11.3. The molecular weight excluding hydrogens is 304 g/mol. The monoisotopic (exact) mass is 320 g/mol. The van der Waals surface area contributed by atoms with Gasteiger partial charge < -0.3 is 10.1 Å². The van der Waals surface area contributed by atoms with Gasteiger partial charge in [-0.15, -0.1) is 0 Å². The molecule has 1 aromatic rings. The number of sulfonamides is 1. The second kappa shape index (κ2) is 7.58. The van der Waals surface area contributed by atoms with Crippen LogP contribution in [0, 0.1) is 0 Å². The van der Waals surface area contributed by atoms with Gasteiger partial charge in [-0.25, -0.2) is 17.9 Å². The first-order valence-corrected chi connectivity index (χ1v) is 7.80. The lowest BCUT2D eigenvalue weighted by Crippen LogP contribution is -2.27. The van der Waals surface area contributed by atoms with Crippen LogP contribution in [-0.2, 0) is 14.8 Å². The Morgan fingerprint density at radius 2 is 2.05 bits per heavy atom. The Hall–Kier alpha value is -1.15. The largest absolute Gasteiger partial charge is 0.465 e. The van der Waals surface area contributed by atoms with E-state index in [2.05, 4.69) is 14.8 Å². The van der Waals surface area contributed by atoms with Crippen LogP contribution in [0.3, 0.4) is 0 Å². The number of rotatable bonds is 7. The van der Waals surface area contributed by atoms with Crippen LogP contribution in [0.1, 0.15) is 16.8 Å². The molecule has 0 unspecified atom stereocenters. The van der Waals surface area contributed by atoms with Crippen molar-refractivity contribution < 1.29 is 17.9 Å². The SMILES string of the molecule is CNCCCNS(=O)(=O)c1cc(C(=O)OC)ccc1Cl. The van der Waals surface area contributed by atoms with E-state index in [9.17, 15) is 13.2 Å². The van der Waals surface area contributed by atoms with Gasteiger partial charge in [0.05, 0.1) is 17.7 Å². The Morgan fingerprint density at radius 3 is 2.65 bits per heavy atom. The Kier molecular flexibility index (Phi) is 6.41. The smallest absolute Gasteiger partial charge is 0.337 e. The maximum Gasteiger partial charge on any atom is 0.337 e. The molecule has 0 saturated heterocycles. The minimum atomic E-state index is -3.75. The number of nitrogens with one attached hydrogen (secondary N) is 2. The summed E-state index contributed by atoms with van der Waals surface area (Å²) in [5, 5.41) is 2.97. The van der Waals surface area contributed by atoms with Crippen LogP contribution >= 0.6 is 11.6 Å². The van der Waals surface area contributed by atoms with Crippen molar-refractivity contribution in [2.24, 2.45) is 0 Å². The molecule has 0 heterocycles. The number of hydrogen-bond acceptors (Lipinski definition) is 5. The molecule has 0 amide bonds. The third-order valence-electron chi connectivity index (χ3n) is 2.54. The molecule has 0 spiro atoms. The highest BCUT2D eigenvalue weighted by Gasteiger charge is 2.19. The highest BCUT2D eigenvalue weighted by molar-refractivity contribution is 7.89. The summed E-state index contributed by atoms with van der Waals surface area (Å²) >= 11 is 5.89. The van der Waals surface area contributed by atoms with Crippen molar-refractivity contribution in [2.75, 3.05) is 27.2 Å². The van der Waals surface area contributed by atoms with Gasteiger partial charge in [-0.3, -0.25) is 0 Å². The van der Waals surface area contributed by atoms with E-state index in [1.54, 1.807) is 7.05 Å². The molecule has 0 radical (unpaired) electrons. The summed E-state index contributed by atoms with van der Waals surface area (Å²) in [6.45, 7) is 0.973. The van der Waals surface area contributed by atoms with E-state index in [1.165, 1.54) is 25.3 Å². The van der Waals surface area contributed by atoms with Gasteiger partial charge in [0.25, 0.3) is 0 Å². The summed E-state index contributed by atoms with van der Waals surface area (Å²) in [5.41, 5.74) is 0.132. The molecule has 8 heteroatoms. The molecule has 0 atom stereocenters. The third kappa shape index (κ3) is 4.45. The maximum atomic E-state index is 12.1. The van der Waals surface area contributed by atoms with Crippen molar-refractivity contribution >= 4 is 27.6 Å². The molecule has 0 aliphatic carbocycles. The first kappa shape index (κ1) is 16.9. The number of carbonyl (C=O) groups is 1. The molecule has 1 aromatic carbocycles. The number of carbonyl (C=O) groups excluding carboxylic acids is 1. The Labute approximate surface area is 123 Å². The minimum Gasteiger partial charge on any atom is -0.465 e. The van der Waals surface area contributed by atoms with Gasteiger partial charge in [-0.1, -0.05) is 11.6 Å². The van der Waals surface area contributed by atoms with E-state index in [0.717, 1.165) is 0 Å². The van der Waals surface area contributed by atoms with E-state index < -0.39 is 16.0 Å². The van der Waals surface area contributed by atoms with E-state index in [0.29, 0.717) is 13.0 Å². The summed E-state index contributed by atoms with van der Waals surface area (Å²) in [5.74, 6) is -0.617. The van der Waals surface area contributed by atoms with Crippen LogP contribution in [0.4, 0.5) is 0 Å². The number of halogens is 1. The van der Waals surface area contributed by atoms with Gasteiger partial charge in [-0.2, -0.15) is 0 Å². The quantitative estimate of drug-likeness (QED) is 0.578. The van der Waals surface area contributed by atoms with Gasteiger partial charge in [0.15, 0.2) is 0 Å². The molecule has 1 rings (SSSR count). The summed E-state index contributed by atoms with van der Waals surface area (Å²) in [4.78, 5) is 11.3. The molecule has 0 saturated carbocycles. The molecule has 112 valence electrons. The van der Waals surface area contributed by atoms with Gasteiger partial charge in [0.2, 0.25) is 10.0 Å². The maximum absolute atomic E-state index is 12.1. The lowest BCUT2D eigenvalue weighted by Gasteiger charge is -2.09. The fourth-order valence-electron chi connectivity index (χ4n) is 1.50. The molecule has 0 bridgehead atoms. The Morgan fingerprint density at radius 1 is 1.35 bits per heavy atom. The molecule has 0 aliphatic heterocycles. The fraction of sp³-hybridized carbons (Fsp3) is 0.417. The van der Waals surface area contributed by atoms with Crippen LogP contribution in [0.15, 0.2) is 23.1 Å². The number of hydrogen-bond donors (Lipinski definition) is 2. The van der Waals surface area contributed by atoms with Crippen LogP contribution in [0.2, 0.25) is 5.02 Å². The molecule has 6 nitrogen and oxygen atoms in total. The number of benzene rings is 1. The van der Waals surface area contributed by atoms with Crippen LogP contribution in [0.5, 0.6) is 0 Å². The molecule has 0 aromatic heterocycles. The van der Waals surface area contributed by atoms with E-state index in [-0.39, 0.29) is 22.0 Å². The summed E-state index contributed by atoms with van der Waals surface area (Å²) in [6, 6.07) is 3.97. The van der Waals surface area contributed by atoms with E-state index in [1.807, 2.05) is 0 Å². The van der Waals surface area contributed by atoms with Crippen molar-refractivity contribution in [3.8, 4) is 0 Å². The average Bonchev–Trinajstić information content (AvgIpc) is 2.43. The lowest BCUT2D eigenvalue weighted by atomic mass is 10.2. The second-order valence-electron chi connectivity index (χ2n) is 3.99. The zero-order chi connectivity index (χ0) is 15.2. The molecule has 0 fully saturated rings. The molecule has 20 heavy (non-hydrogen) atoms. The van der Waals surface area contributed by atoms with Crippen LogP contribution in [0.25, 0.3) is 0 Å². The third-order valence-corrected chi connectivity index (χ3v) is 4.48. The minimum absolute atomic E-state index is 0.0544. The fourth-order valence-corrected chi connectivity index (χ4v) is 3.10. The second-order valence-corrected chi connectivity index (χ2v) is 6.13. The summed E-state index contributed by atoms with van der Waals surface area (Å²) in [7, 11) is -0.747. The predicted molar refractivity (Wildman–Crippen MR) is 76.5 cm³/mol. The standard InChI is InChI=1S/C12H17ClN2O4S/c1-14-6-3-7-15-20(17,18)11-8-9(12(16)19-2)4-5-10(11)13/h4-5,8,14-15H,3,6-7H2,1-2H3. The van der Waals surface area contributed by atoms with E-state index in [4.69, 9.17) is 11.6 Å². The van der Waals surface area contributed by atoms with Crippen molar-refractivity contribution in [1.29, 1.82) is 0 Å². The van der Waals surface area contributed by atoms with Crippen LogP contribution < -0.4 is 10.0 Å². The predicted octanol–water partition coefficient (Wildman–Crippen LogP) is 1.01. The number of methoxy groups -OCH3 is 1. The summed E-state index contributed by atoms with van der Waals surface area (Å²) in [6.07, 6.45) is 0.643. The zero-order valence-electron chi connectivity index (χ0n) is 11.3. The highest BCUT2D eigenvalue weighted by Crippen LogP contribution is 2.22. The van der Waals surface area contributed by atoms with Gasteiger partial charge in [0, 0.05) is 6.54 Å². The molecule has 2 N–H and O–H groups in total. The van der Waals surface area contributed by atoms with Crippen molar-refractivity contribution in [1.82, 2.24) is 10.0 Å². The van der Waals surface area contributed by atoms with Crippen molar-refractivity contribution in [3.05, 3.63) is 28.8 Å². The molecular formula is C12H17ClN2O4S. The van der Waals surface area contributed by atoms with Gasteiger partial charge in [0.1, 0.15) is 4.90 Å². The van der Waals surface area contributed by atoms with Crippen molar-refractivity contribution in [3.63, 3.8) is 0 Å². The first-order chi connectivity index (χ1) is 9.42. The Balaban J connectivity index is 2.96. The topological polar surface area (TPSA) is 84.5 Å². The molecule has 0 aliphatic rings. The van der Waals surface area contributed by atoms with E-state index >= 15 is 0 Å². The zero-order valence-corrected chi connectivity index (χ0v) is 12.8.